The van der Waals surface area contributed by atoms with Gasteiger partial charge in [0.2, 0.25) is 0 Å². The Morgan fingerprint density at radius 3 is 2.81 bits per heavy atom. The third kappa shape index (κ3) is 4.00. The second kappa shape index (κ2) is 7.97. The third-order valence-electron chi connectivity index (χ3n) is 3.63. The number of halogens is 1. The lowest BCUT2D eigenvalue weighted by Crippen LogP contribution is -2.26. The number of benzene rings is 2. The molecule has 0 amide bonds. The maximum atomic E-state index is 14.6. The summed E-state index contributed by atoms with van der Waals surface area (Å²) < 4.78 is 15.7. The first-order valence-electron chi connectivity index (χ1n) is 7.92. The van der Waals surface area contributed by atoms with Gasteiger partial charge in [0.1, 0.15) is 5.82 Å². The first-order chi connectivity index (χ1) is 12.6. The van der Waals surface area contributed by atoms with Crippen LogP contribution in [0.2, 0.25) is 0 Å². The van der Waals surface area contributed by atoms with Gasteiger partial charge in [0.15, 0.2) is 0 Å². The van der Waals surface area contributed by atoms with Gasteiger partial charge in [-0.2, -0.15) is 5.10 Å². The van der Waals surface area contributed by atoms with Crippen molar-refractivity contribution in [1.82, 2.24) is 15.1 Å². The average Bonchev–Trinajstić information content (AvgIpc) is 2.63. The lowest BCUT2D eigenvalue weighted by molar-refractivity contribution is 0.625. The van der Waals surface area contributed by atoms with E-state index in [0.717, 1.165) is 9.58 Å². The monoisotopic (exact) mass is 368 g/mol. The Hall–Kier alpha value is -2.93. The fraction of sp³-hybridized carbons (Fsp3) is 0.105. The maximum absolute atomic E-state index is 14.6. The van der Waals surface area contributed by atoms with Crippen molar-refractivity contribution in [3.63, 3.8) is 0 Å². The van der Waals surface area contributed by atoms with Crippen molar-refractivity contribution in [2.45, 2.75) is 16.3 Å². The number of nitrogens with zero attached hydrogens (tertiary/aromatic N) is 2. The highest BCUT2D eigenvalue weighted by atomic mass is 32.2. The number of hydrogen-bond acceptors (Lipinski definition) is 5. The molecule has 0 aliphatic rings. The molecular weight excluding hydrogens is 351 g/mol. The zero-order valence-electron chi connectivity index (χ0n) is 14.1. The molecule has 3 aromatic rings. The standard InChI is InChI=1S/C19H17FN4OS/c1-22-8-7-14(21)12-24-19(25)18-13(11-23-24)9-16(10-17(18)20)26-15-5-3-2-4-6-15/h2-11,21-22H,12H2,1H3/b8-7-,21-14?. The van der Waals surface area contributed by atoms with Crippen LogP contribution >= 0.6 is 11.8 Å². The highest BCUT2D eigenvalue weighted by Gasteiger charge is 2.12. The summed E-state index contributed by atoms with van der Waals surface area (Å²) in [6, 6.07) is 12.7. The van der Waals surface area contributed by atoms with E-state index in [-0.39, 0.29) is 17.6 Å². The molecule has 0 saturated heterocycles. The average molecular weight is 368 g/mol. The van der Waals surface area contributed by atoms with Gasteiger partial charge in [0, 0.05) is 22.2 Å². The van der Waals surface area contributed by atoms with Crippen LogP contribution in [-0.4, -0.2) is 22.5 Å². The number of allylic oxidation sites excluding steroid dienone is 1. The van der Waals surface area contributed by atoms with E-state index < -0.39 is 11.4 Å². The highest BCUT2D eigenvalue weighted by Crippen LogP contribution is 2.30. The van der Waals surface area contributed by atoms with Gasteiger partial charge in [0.25, 0.3) is 5.56 Å². The summed E-state index contributed by atoms with van der Waals surface area (Å²) in [6.07, 6.45) is 4.57. The molecule has 0 fully saturated rings. The van der Waals surface area contributed by atoms with E-state index >= 15 is 0 Å². The Morgan fingerprint density at radius 1 is 1.31 bits per heavy atom. The second-order valence-corrected chi connectivity index (χ2v) is 6.69. The van der Waals surface area contributed by atoms with Crippen molar-refractivity contribution in [3.8, 4) is 0 Å². The van der Waals surface area contributed by atoms with Crippen molar-refractivity contribution >= 4 is 28.2 Å². The maximum Gasteiger partial charge on any atom is 0.277 e. The molecule has 1 heterocycles. The predicted molar refractivity (Wildman–Crippen MR) is 102 cm³/mol. The van der Waals surface area contributed by atoms with Crippen molar-refractivity contribution in [1.29, 1.82) is 5.41 Å². The highest BCUT2D eigenvalue weighted by molar-refractivity contribution is 7.99. The summed E-state index contributed by atoms with van der Waals surface area (Å²) in [6.45, 7) is -0.0209. The molecule has 5 nitrogen and oxygen atoms in total. The summed E-state index contributed by atoms with van der Waals surface area (Å²) in [5.74, 6) is -0.584. The normalized spacial score (nSPS) is 11.2. The molecule has 0 saturated carbocycles. The minimum Gasteiger partial charge on any atom is -0.394 e. The van der Waals surface area contributed by atoms with Crippen LogP contribution in [0.1, 0.15) is 0 Å². The fourth-order valence-corrected chi connectivity index (χ4v) is 3.35. The van der Waals surface area contributed by atoms with Gasteiger partial charge in [-0.3, -0.25) is 4.79 Å². The zero-order valence-corrected chi connectivity index (χ0v) is 14.9. The quantitative estimate of drug-likeness (QED) is 0.654. The van der Waals surface area contributed by atoms with Gasteiger partial charge in [-0.15, -0.1) is 0 Å². The Morgan fingerprint density at radius 2 is 2.08 bits per heavy atom. The van der Waals surface area contributed by atoms with E-state index in [1.54, 1.807) is 19.3 Å². The molecule has 0 radical (unpaired) electrons. The molecule has 0 aliphatic carbocycles. The first-order valence-corrected chi connectivity index (χ1v) is 8.73. The van der Waals surface area contributed by atoms with Crippen molar-refractivity contribution in [2.75, 3.05) is 7.05 Å². The van der Waals surface area contributed by atoms with Gasteiger partial charge in [-0.05, 0) is 36.5 Å². The van der Waals surface area contributed by atoms with Crippen LogP contribution in [-0.2, 0) is 6.54 Å². The minimum absolute atomic E-state index is 0.0113. The second-order valence-electron chi connectivity index (χ2n) is 5.54. The molecule has 2 aromatic carbocycles. The van der Waals surface area contributed by atoms with Crippen LogP contribution in [0, 0.1) is 11.2 Å². The minimum atomic E-state index is -0.584. The van der Waals surface area contributed by atoms with Gasteiger partial charge in [-0.1, -0.05) is 30.0 Å². The molecule has 0 aliphatic heterocycles. The molecule has 132 valence electrons. The predicted octanol–water partition coefficient (Wildman–Crippen LogP) is 3.44. The molecule has 2 N–H and O–H groups in total. The Labute approximate surface area is 154 Å². The van der Waals surface area contributed by atoms with Crippen LogP contribution in [0.3, 0.4) is 0 Å². The molecule has 0 bridgehead atoms. The fourth-order valence-electron chi connectivity index (χ4n) is 2.44. The van der Waals surface area contributed by atoms with Crippen molar-refractivity contribution < 1.29 is 4.39 Å². The number of rotatable bonds is 6. The molecule has 0 spiro atoms. The summed E-state index contributed by atoms with van der Waals surface area (Å²) in [5, 5.41) is 15.1. The molecule has 7 heteroatoms. The SMILES string of the molecule is CN/C=C\C(=N)Cn1ncc2cc(Sc3ccccc3)cc(F)c2c1=O. The molecular formula is C19H17FN4OS. The summed E-state index contributed by atoms with van der Waals surface area (Å²) in [7, 11) is 1.71. The Balaban J connectivity index is 1.95. The van der Waals surface area contributed by atoms with Crippen LogP contribution in [0.4, 0.5) is 4.39 Å². The molecule has 0 atom stereocenters. The third-order valence-corrected chi connectivity index (χ3v) is 4.61. The van der Waals surface area contributed by atoms with Crippen LogP contribution < -0.4 is 10.9 Å². The Bertz CT molecular complexity index is 1030. The largest absolute Gasteiger partial charge is 0.394 e. The van der Waals surface area contributed by atoms with E-state index in [2.05, 4.69) is 10.4 Å². The van der Waals surface area contributed by atoms with E-state index in [0.29, 0.717) is 10.3 Å². The molecule has 26 heavy (non-hydrogen) atoms. The van der Waals surface area contributed by atoms with Gasteiger partial charge < -0.3 is 10.7 Å². The van der Waals surface area contributed by atoms with E-state index in [1.165, 1.54) is 30.1 Å². The molecule has 0 unspecified atom stereocenters. The van der Waals surface area contributed by atoms with E-state index in [4.69, 9.17) is 5.41 Å². The smallest absolute Gasteiger partial charge is 0.277 e. The Kier molecular flexibility index (Phi) is 5.48. The summed E-state index contributed by atoms with van der Waals surface area (Å²) in [5.41, 5.74) is -0.358. The van der Waals surface area contributed by atoms with Crippen molar-refractivity contribution in [2.24, 2.45) is 0 Å². The van der Waals surface area contributed by atoms with Gasteiger partial charge >= 0.3 is 0 Å². The van der Waals surface area contributed by atoms with Crippen LogP contribution in [0.5, 0.6) is 0 Å². The first kappa shape index (κ1) is 17.9. The van der Waals surface area contributed by atoms with E-state index in [9.17, 15) is 9.18 Å². The van der Waals surface area contributed by atoms with Gasteiger partial charge in [-0.25, -0.2) is 9.07 Å². The number of aromatic nitrogens is 2. The van der Waals surface area contributed by atoms with Crippen LogP contribution in [0.25, 0.3) is 10.8 Å². The lowest BCUT2D eigenvalue weighted by Gasteiger charge is -2.08. The summed E-state index contributed by atoms with van der Waals surface area (Å²) >= 11 is 1.42. The summed E-state index contributed by atoms with van der Waals surface area (Å²) in [4.78, 5) is 14.2. The van der Waals surface area contributed by atoms with Gasteiger partial charge in [0.05, 0.1) is 23.8 Å². The van der Waals surface area contributed by atoms with Crippen LogP contribution in [0.15, 0.2) is 75.5 Å². The lowest BCUT2D eigenvalue weighted by atomic mass is 10.2. The van der Waals surface area contributed by atoms with Crippen molar-refractivity contribution in [3.05, 3.63) is 77.1 Å². The van der Waals surface area contributed by atoms with E-state index in [1.807, 2.05) is 30.3 Å². The zero-order chi connectivity index (χ0) is 18.5. The number of fused-ring (bicyclic) bond motifs is 1. The molecule has 1 aromatic heterocycles. The number of hydrogen-bond donors (Lipinski definition) is 2. The molecule has 3 rings (SSSR count). The topological polar surface area (TPSA) is 70.8 Å². The number of nitrogens with one attached hydrogen (secondary N) is 2.